The summed E-state index contributed by atoms with van der Waals surface area (Å²) in [6, 6.07) is 0.393. The first-order chi connectivity index (χ1) is 4.83. The van der Waals surface area contributed by atoms with Crippen molar-refractivity contribution in [1.29, 1.82) is 0 Å². The van der Waals surface area contributed by atoms with Crippen molar-refractivity contribution < 1.29 is 0 Å². The van der Waals surface area contributed by atoms with Crippen LogP contribution in [0.2, 0.25) is 0 Å². The largest absolute Gasteiger partial charge is 0.327 e. The molecule has 1 unspecified atom stereocenters. The van der Waals surface area contributed by atoms with Gasteiger partial charge in [-0.25, -0.2) is 0 Å². The smallest absolute Gasteiger partial charge is 0.0269 e. The molecule has 0 aromatic heterocycles. The number of hydrogen-bond donors (Lipinski definition) is 1. The summed E-state index contributed by atoms with van der Waals surface area (Å²) in [6.45, 7) is 0. The van der Waals surface area contributed by atoms with Gasteiger partial charge in [-0.15, -0.1) is 12.3 Å². The van der Waals surface area contributed by atoms with E-state index in [1.807, 2.05) is 0 Å². The van der Waals surface area contributed by atoms with Gasteiger partial charge < -0.3 is 5.73 Å². The first kappa shape index (κ1) is 7.37. The van der Waals surface area contributed by atoms with Gasteiger partial charge in [-0.3, -0.25) is 0 Å². The lowest BCUT2D eigenvalue weighted by Crippen LogP contribution is -2.13. The van der Waals surface area contributed by atoms with Gasteiger partial charge in [0, 0.05) is 12.5 Å². The zero-order valence-corrected chi connectivity index (χ0v) is 6.14. The summed E-state index contributed by atoms with van der Waals surface area (Å²) in [5, 5.41) is 0. The van der Waals surface area contributed by atoms with Gasteiger partial charge in [0.15, 0.2) is 0 Å². The van der Waals surface area contributed by atoms with Crippen LogP contribution in [0.25, 0.3) is 0 Å². The van der Waals surface area contributed by atoms with E-state index >= 15 is 0 Å². The van der Waals surface area contributed by atoms with Gasteiger partial charge in [0.05, 0.1) is 0 Å². The van der Waals surface area contributed by atoms with Crippen LogP contribution in [-0.4, -0.2) is 6.04 Å². The molecule has 0 aromatic rings. The monoisotopic (exact) mass is 135 g/mol. The van der Waals surface area contributed by atoms with Crippen LogP contribution >= 0.6 is 0 Å². The molecule has 54 valence electrons. The van der Waals surface area contributed by atoms with E-state index in [0.717, 1.165) is 25.7 Å². The Morgan fingerprint density at radius 3 is 3.10 bits per heavy atom. The third-order valence-electron chi connectivity index (χ3n) is 1.87. The van der Waals surface area contributed by atoms with E-state index in [9.17, 15) is 0 Å². The van der Waals surface area contributed by atoms with Crippen LogP contribution in [-0.2, 0) is 0 Å². The molecule has 1 heteroatoms. The Kier molecular flexibility index (Phi) is 2.53. The Morgan fingerprint density at radius 2 is 2.60 bits per heavy atom. The molecule has 1 aliphatic carbocycles. The second kappa shape index (κ2) is 3.43. The Morgan fingerprint density at radius 1 is 1.80 bits per heavy atom. The minimum atomic E-state index is 0.393. The highest BCUT2D eigenvalue weighted by Gasteiger charge is 2.13. The highest BCUT2D eigenvalue weighted by atomic mass is 14.6. The van der Waals surface area contributed by atoms with Gasteiger partial charge in [-0.1, -0.05) is 11.6 Å². The molecule has 1 atom stereocenters. The summed E-state index contributed by atoms with van der Waals surface area (Å²) in [5.74, 6) is 2.59. The van der Waals surface area contributed by atoms with E-state index in [1.54, 1.807) is 0 Å². The second-order valence-electron chi connectivity index (χ2n) is 2.77. The minimum Gasteiger partial charge on any atom is -0.327 e. The van der Waals surface area contributed by atoms with Crippen molar-refractivity contribution in [2.75, 3.05) is 0 Å². The van der Waals surface area contributed by atoms with Gasteiger partial charge in [0.25, 0.3) is 0 Å². The Labute approximate surface area is 62.3 Å². The summed E-state index contributed by atoms with van der Waals surface area (Å²) < 4.78 is 0. The Hall–Kier alpha value is -0.740. The summed E-state index contributed by atoms with van der Waals surface area (Å²) >= 11 is 0. The quantitative estimate of drug-likeness (QED) is 0.427. The van der Waals surface area contributed by atoms with Crippen LogP contribution < -0.4 is 5.73 Å². The normalized spacial score (nSPS) is 28.8. The van der Waals surface area contributed by atoms with E-state index in [-0.39, 0.29) is 0 Å². The fourth-order valence-electron chi connectivity index (χ4n) is 1.30. The van der Waals surface area contributed by atoms with Crippen LogP contribution in [0.3, 0.4) is 0 Å². The first-order valence-electron chi connectivity index (χ1n) is 3.70. The second-order valence-corrected chi connectivity index (χ2v) is 2.77. The predicted octanol–water partition coefficient (Wildman–Crippen LogP) is 1.45. The van der Waals surface area contributed by atoms with Crippen LogP contribution in [0, 0.1) is 12.3 Å². The molecule has 1 aliphatic rings. The molecule has 0 bridgehead atoms. The van der Waals surface area contributed by atoms with Crippen LogP contribution in [0.4, 0.5) is 0 Å². The standard InChI is InChI=1S/C9H13N/c1-2-3-4-8-5-6-9(10)7-8/h1,4,9H,3,5-7,10H2. The lowest BCUT2D eigenvalue weighted by atomic mass is 10.2. The fraction of sp³-hybridized carbons (Fsp3) is 0.556. The third kappa shape index (κ3) is 1.89. The highest BCUT2D eigenvalue weighted by Crippen LogP contribution is 2.22. The third-order valence-corrected chi connectivity index (χ3v) is 1.87. The predicted molar refractivity (Wildman–Crippen MR) is 43.4 cm³/mol. The van der Waals surface area contributed by atoms with Crippen LogP contribution in [0.15, 0.2) is 11.6 Å². The number of rotatable bonds is 1. The molecule has 10 heavy (non-hydrogen) atoms. The maximum Gasteiger partial charge on any atom is 0.0269 e. The lowest BCUT2D eigenvalue weighted by molar-refractivity contribution is 0.711. The van der Waals surface area contributed by atoms with Crippen LogP contribution in [0.1, 0.15) is 25.7 Å². The van der Waals surface area contributed by atoms with Crippen LogP contribution in [0.5, 0.6) is 0 Å². The van der Waals surface area contributed by atoms with Crippen molar-refractivity contribution in [1.82, 2.24) is 0 Å². The molecule has 1 rings (SSSR count). The van der Waals surface area contributed by atoms with E-state index in [4.69, 9.17) is 12.2 Å². The lowest BCUT2D eigenvalue weighted by Gasteiger charge is -1.95. The molecule has 0 aromatic carbocycles. The van der Waals surface area contributed by atoms with Gasteiger partial charge in [-0.05, 0) is 19.3 Å². The van der Waals surface area contributed by atoms with E-state index in [2.05, 4.69) is 12.0 Å². The first-order valence-corrected chi connectivity index (χ1v) is 3.70. The average Bonchev–Trinajstić information content (AvgIpc) is 2.31. The van der Waals surface area contributed by atoms with E-state index in [0.29, 0.717) is 6.04 Å². The van der Waals surface area contributed by atoms with Crippen molar-refractivity contribution >= 4 is 0 Å². The Balaban J connectivity index is 2.38. The van der Waals surface area contributed by atoms with Crippen molar-refractivity contribution in [2.45, 2.75) is 31.7 Å². The number of terminal acetylenes is 1. The summed E-state index contributed by atoms with van der Waals surface area (Å²) in [4.78, 5) is 0. The van der Waals surface area contributed by atoms with Crippen molar-refractivity contribution in [2.24, 2.45) is 5.73 Å². The average molecular weight is 135 g/mol. The summed E-state index contributed by atoms with van der Waals surface area (Å²) in [6.07, 6.45) is 11.4. The van der Waals surface area contributed by atoms with Crippen molar-refractivity contribution in [3.05, 3.63) is 11.6 Å². The van der Waals surface area contributed by atoms with Gasteiger partial charge >= 0.3 is 0 Å². The molecule has 0 heterocycles. The molecule has 0 aliphatic heterocycles. The molecule has 0 amide bonds. The molecule has 1 fully saturated rings. The summed E-state index contributed by atoms with van der Waals surface area (Å²) in [5.41, 5.74) is 7.15. The number of hydrogen-bond acceptors (Lipinski definition) is 1. The zero-order chi connectivity index (χ0) is 7.40. The SMILES string of the molecule is C#CCC=C1CCC(N)C1. The van der Waals surface area contributed by atoms with Gasteiger partial charge in [0.2, 0.25) is 0 Å². The van der Waals surface area contributed by atoms with Crippen molar-refractivity contribution in [3.8, 4) is 12.3 Å². The molecule has 2 N–H and O–H groups in total. The maximum atomic E-state index is 5.70. The Bertz CT molecular complexity index is 174. The highest BCUT2D eigenvalue weighted by molar-refractivity contribution is 5.12. The zero-order valence-electron chi connectivity index (χ0n) is 6.14. The van der Waals surface area contributed by atoms with E-state index < -0.39 is 0 Å². The molecule has 1 nitrogen and oxygen atoms in total. The summed E-state index contributed by atoms with van der Waals surface area (Å²) in [7, 11) is 0. The molecule has 1 saturated carbocycles. The minimum absolute atomic E-state index is 0.393. The number of allylic oxidation sites excluding steroid dienone is 1. The van der Waals surface area contributed by atoms with E-state index in [1.165, 1.54) is 5.57 Å². The fourth-order valence-corrected chi connectivity index (χ4v) is 1.30. The van der Waals surface area contributed by atoms with Gasteiger partial charge in [0.1, 0.15) is 0 Å². The molecule has 0 saturated heterocycles. The number of nitrogens with two attached hydrogens (primary N) is 1. The molecule has 0 spiro atoms. The van der Waals surface area contributed by atoms with Gasteiger partial charge in [-0.2, -0.15) is 0 Å². The topological polar surface area (TPSA) is 26.0 Å². The van der Waals surface area contributed by atoms with Crippen molar-refractivity contribution in [3.63, 3.8) is 0 Å². The maximum absolute atomic E-state index is 5.70. The molecule has 0 radical (unpaired) electrons. The molecular formula is C9H13N. The molecular weight excluding hydrogens is 122 g/mol.